The highest BCUT2D eigenvalue weighted by molar-refractivity contribution is 5.66. The van der Waals surface area contributed by atoms with Gasteiger partial charge in [0.25, 0.3) is 0 Å². The molecule has 1 aliphatic rings. The summed E-state index contributed by atoms with van der Waals surface area (Å²) in [5.41, 5.74) is 1.65. The zero-order chi connectivity index (χ0) is 11.5. The van der Waals surface area contributed by atoms with Crippen LogP contribution in [0, 0.1) is 5.92 Å². The predicted molar refractivity (Wildman–Crippen MR) is 54.1 cm³/mol. The summed E-state index contributed by atoms with van der Waals surface area (Å²) in [7, 11) is 0. The summed E-state index contributed by atoms with van der Waals surface area (Å²) in [6.45, 7) is 5.24. The predicted octanol–water partition coefficient (Wildman–Crippen LogP) is 1.21. The van der Waals surface area contributed by atoms with Gasteiger partial charge in [0.05, 0.1) is 6.61 Å². The van der Waals surface area contributed by atoms with E-state index in [1.54, 1.807) is 20.8 Å². The lowest BCUT2D eigenvalue weighted by molar-refractivity contribution is -0.0675. The van der Waals surface area contributed by atoms with Gasteiger partial charge in [0, 0.05) is 0 Å². The van der Waals surface area contributed by atoms with Crippen LogP contribution < -0.4 is 5.48 Å². The Bertz CT molecular complexity index is 220. The fraction of sp³-hybridized carbons (Fsp3) is 0.900. The monoisotopic (exact) mass is 217 g/mol. The molecule has 0 aliphatic heterocycles. The topological polar surface area (TPSA) is 67.8 Å². The van der Waals surface area contributed by atoms with E-state index in [2.05, 4.69) is 5.48 Å². The van der Waals surface area contributed by atoms with Crippen molar-refractivity contribution in [3.05, 3.63) is 0 Å². The van der Waals surface area contributed by atoms with Crippen LogP contribution in [0.15, 0.2) is 0 Å². The van der Waals surface area contributed by atoms with Crippen molar-refractivity contribution in [2.24, 2.45) is 5.92 Å². The van der Waals surface area contributed by atoms with Crippen molar-refractivity contribution in [2.75, 3.05) is 6.61 Å². The number of aliphatic hydroxyl groups is 1. The molecule has 0 aromatic rings. The Labute approximate surface area is 89.7 Å². The number of aliphatic hydroxyl groups excluding tert-OH is 1. The van der Waals surface area contributed by atoms with Crippen molar-refractivity contribution in [2.45, 2.75) is 45.3 Å². The van der Waals surface area contributed by atoms with Crippen LogP contribution in [0.4, 0.5) is 4.79 Å². The SMILES string of the molecule is CC(C)(C)OC(=O)NOC(CO)C1CC1. The van der Waals surface area contributed by atoms with Gasteiger partial charge in [-0.05, 0) is 39.5 Å². The molecule has 0 bridgehead atoms. The molecule has 15 heavy (non-hydrogen) atoms. The van der Waals surface area contributed by atoms with E-state index >= 15 is 0 Å². The number of hydroxylamine groups is 1. The molecule has 1 aliphatic carbocycles. The lowest BCUT2D eigenvalue weighted by atomic mass is 10.2. The van der Waals surface area contributed by atoms with Crippen LogP contribution >= 0.6 is 0 Å². The van der Waals surface area contributed by atoms with Gasteiger partial charge in [-0.2, -0.15) is 5.48 Å². The van der Waals surface area contributed by atoms with Crippen LogP contribution in [-0.2, 0) is 9.57 Å². The number of carbonyl (C=O) groups is 1. The van der Waals surface area contributed by atoms with E-state index in [4.69, 9.17) is 14.7 Å². The number of nitrogens with one attached hydrogen (secondary N) is 1. The van der Waals surface area contributed by atoms with Gasteiger partial charge in [-0.25, -0.2) is 4.79 Å². The normalized spacial score (nSPS) is 18.4. The number of amides is 1. The van der Waals surface area contributed by atoms with Gasteiger partial charge in [-0.3, -0.25) is 4.84 Å². The van der Waals surface area contributed by atoms with Crippen LogP contribution in [0.5, 0.6) is 0 Å². The second-order valence-corrected chi connectivity index (χ2v) is 4.78. The van der Waals surface area contributed by atoms with Crippen LogP contribution in [0.25, 0.3) is 0 Å². The second-order valence-electron chi connectivity index (χ2n) is 4.78. The molecule has 1 amide bonds. The van der Waals surface area contributed by atoms with E-state index in [9.17, 15) is 4.79 Å². The number of hydrogen-bond donors (Lipinski definition) is 2. The standard InChI is InChI=1S/C10H19NO4/c1-10(2,3)14-9(13)11-15-8(6-12)7-4-5-7/h7-8,12H,4-6H2,1-3H3,(H,11,13). The lowest BCUT2D eigenvalue weighted by Crippen LogP contribution is -2.37. The first-order valence-electron chi connectivity index (χ1n) is 5.18. The minimum atomic E-state index is -0.624. The van der Waals surface area contributed by atoms with Gasteiger partial charge >= 0.3 is 6.09 Å². The van der Waals surface area contributed by atoms with Crippen molar-refractivity contribution in [3.8, 4) is 0 Å². The van der Waals surface area contributed by atoms with Gasteiger partial charge in [-0.15, -0.1) is 0 Å². The molecule has 5 nitrogen and oxygen atoms in total. The molecular weight excluding hydrogens is 198 g/mol. The Morgan fingerprint density at radius 3 is 2.53 bits per heavy atom. The zero-order valence-electron chi connectivity index (χ0n) is 9.45. The maximum Gasteiger partial charge on any atom is 0.431 e. The molecule has 88 valence electrons. The Morgan fingerprint density at radius 1 is 1.53 bits per heavy atom. The molecule has 0 spiro atoms. The molecule has 1 atom stereocenters. The van der Waals surface area contributed by atoms with Gasteiger partial charge in [0.2, 0.25) is 0 Å². The average molecular weight is 217 g/mol. The molecule has 1 saturated carbocycles. The van der Waals surface area contributed by atoms with Crippen molar-refractivity contribution in [1.29, 1.82) is 0 Å². The maximum atomic E-state index is 11.2. The quantitative estimate of drug-likeness (QED) is 0.695. The van der Waals surface area contributed by atoms with E-state index in [0.29, 0.717) is 5.92 Å². The second kappa shape index (κ2) is 4.81. The molecule has 0 radical (unpaired) electrons. The van der Waals surface area contributed by atoms with Crippen molar-refractivity contribution >= 4 is 6.09 Å². The molecule has 0 aromatic heterocycles. The Balaban J connectivity index is 2.20. The van der Waals surface area contributed by atoms with Gasteiger partial charge in [0.15, 0.2) is 0 Å². The Kier molecular flexibility index (Phi) is 3.93. The summed E-state index contributed by atoms with van der Waals surface area (Å²) in [6, 6.07) is 0. The summed E-state index contributed by atoms with van der Waals surface area (Å²) in [5, 5.41) is 8.96. The third-order valence-corrected chi connectivity index (χ3v) is 2.02. The summed E-state index contributed by atoms with van der Waals surface area (Å²) < 4.78 is 4.98. The molecule has 2 N–H and O–H groups in total. The Morgan fingerprint density at radius 2 is 2.13 bits per heavy atom. The first kappa shape index (κ1) is 12.3. The van der Waals surface area contributed by atoms with Gasteiger partial charge in [0.1, 0.15) is 11.7 Å². The van der Waals surface area contributed by atoms with Gasteiger partial charge in [-0.1, -0.05) is 0 Å². The lowest BCUT2D eigenvalue weighted by Gasteiger charge is -2.21. The maximum absolute atomic E-state index is 11.2. The van der Waals surface area contributed by atoms with Crippen LogP contribution in [0.3, 0.4) is 0 Å². The number of hydrogen-bond acceptors (Lipinski definition) is 4. The molecule has 0 heterocycles. The highest BCUT2D eigenvalue weighted by atomic mass is 16.7. The minimum Gasteiger partial charge on any atom is -0.442 e. The van der Waals surface area contributed by atoms with Crippen molar-refractivity contribution in [3.63, 3.8) is 0 Å². The first-order valence-corrected chi connectivity index (χ1v) is 5.18. The molecule has 5 heteroatoms. The average Bonchev–Trinajstić information content (AvgIpc) is 2.85. The molecule has 0 saturated heterocycles. The highest BCUT2D eigenvalue weighted by Crippen LogP contribution is 2.33. The Hall–Kier alpha value is -0.810. The highest BCUT2D eigenvalue weighted by Gasteiger charge is 2.32. The summed E-state index contributed by atoms with van der Waals surface area (Å²) in [4.78, 5) is 16.2. The largest absolute Gasteiger partial charge is 0.442 e. The third kappa shape index (κ3) is 4.99. The summed E-state index contributed by atoms with van der Waals surface area (Å²) >= 11 is 0. The zero-order valence-corrected chi connectivity index (χ0v) is 9.45. The van der Waals surface area contributed by atoms with E-state index in [1.165, 1.54) is 0 Å². The van der Waals surface area contributed by atoms with Crippen LogP contribution in [0.1, 0.15) is 33.6 Å². The van der Waals surface area contributed by atoms with Gasteiger partial charge < -0.3 is 9.84 Å². The van der Waals surface area contributed by atoms with Crippen LogP contribution in [0.2, 0.25) is 0 Å². The van der Waals surface area contributed by atoms with Crippen molar-refractivity contribution in [1.82, 2.24) is 5.48 Å². The number of carbonyl (C=O) groups excluding carboxylic acids is 1. The smallest absolute Gasteiger partial charge is 0.431 e. The molecular formula is C10H19NO4. The first-order chi connectivity index (χ1) is 6.92. The molecule has 1 fully saturated rings. The molecule has 1 rings (SSSR count). The van der Waals surface area contributed by atoms with E-state index in [0.717, 1.165) is 12.8 Å². The van der Waals surface area contributed by atoms with Crippen LogP contribution in [-0.4, -0.2) is 29.5 Å². The number of ether oxygens (including phenoxy) is 1. The summed E-state index contributed by atoms with van der Waals surface area (Å²) in [6.07, 6.45) is 1.15. The fourth-order valence-electron chi connectivity index (χ4n) is 1.17. The number of rotatable bonds is 4. The minimum absolute atomic E-state index is 0.0829. The third-order valence-electron chi connectivity index (χ3n) is 2.02. The molecule has 1 unspecified atom stereocenters. The van der Waals surface area contributed by atoms with E-state index in [-0.39, 0.29) is 12.7 Å². The fourth-order valence-corrected chi connectivity index (χ4v) is 1.17. The molecule has 0 aromatic carbocycles. The summed E-state index contributed by atoms with van der Waals surface area (Å²) in [5.74, 6) is 0.366. The van der Waals surface area contributed by atoms with Crippen molar-refractivity contribution < 1.29 is 19.5 Å². The van der Waals surface area contributed by atoms with E-state index in [1.807, 2.05) is 0 Å². The van der Waals surface area contributed by atoms with E-state index < -0.39 is 11.7 Å².